The zero-order chi connectivity index (χ0) is 10.4. The average molecular weight is 205 g/mol. The molecule has 74 valence electrons. The van der Waals surface area contributed by atoms with Crippen LogP contribution in [0.2, 0.25) is 0 Å². The first kappa shape index (κ1) is 12.1. The molecule has 0 saturated heterocycles. The lowest BCUT2D eigenvalue weighted by atomic mass is 10.3. The highest BCUT2D eigenvalue weighted by molar-refractivity contribution is 7.80. The highest BCUT2D eigenvalue weighted by Crippen LogP contribution is 1.92. The van der Waals surface area contributed by atoms with Gasteiger partial charge in [0.15, 0.2) is 0 Å². The molecule has 0 rings (SSSR count). The minimum atomic E-state index is -1.16. The molecule has 0 amide bonds. The Kier molecular flexibility index (Phi) is 5.33. The number of Topliss-reactive ketones (excluding diaryl/α,β-unsaturated/α-hetero) is 1. The summed E-state index contributed by atoms with van der Waals surface area (Å²) in [4.78, 5) is 32.2. The normalized spacial score (nSPS) is 11.9. The maximum Gasteiger partial charge on any atom is 0.382 e. The maximum absolute atomic E-state index is 10.8. The molecule has 0 aromatic carbocycles. The van der Waals surface area contributed by atoms with Gasteiger partial charge in [0.25, 0.3) is 0 Å². The predicted octanol–water partition coefficient (Wildman–Crippen LogP) is -0.708. The lowest BCUT2D eigenvalue weighted by Gasteiger charge is -2.05. The molecule has 1 atom stereocenters. The van der Waals surface area contributed by atoms with Crippen molar-refractivity contribution in [2.75, 3.05) is 5.75 Å². The van der Waals surface area contributed by atoms with E-state index in [1.165, 1.54) is 6.92 Å². The molecule has 0 radical (unpaired) electrons. The summed E-state index contributed by atoms with van der Waals surface area (Å²) in [5, 5.41) is 0. The number of carbonyl (C=O) groups excluding carboxylic acids is 3. The van der Waals surface area contributed by atoms with Crippen molar-refractivity contribution in [2.45, 2.75) is 19.4 Å². The van der Waals surface area contributed by atoms with Crippen LogP contribution in [0.1, 0.15) is 13.3 Å². The van der Waals surface area contributed by atoms with Gasteiger partial charge in [-0.05, 0) is 0 Å². The van der Waals surface area contributed by atoms with Crippen LogP contribution in [0.15, 0.2) is 0 Å². The largest absolute Gasteiger partial charge is 0.386 e. The zero-order valence-electron chi connectivity index (χ0n) is 7.15. The van der Waals surface area contributed by atoms with E-state index in [1.807, 2.05) is 0 Å². The Balaban J connectivity index is 4.07. The van der Waals surface area contributed by atoms with Crippen LogP contribution in [-0.2, 0) is 19.1 Å². The van der Waals surface area contributed by atoms with Gasteiger partial charge in [0, 0.05) is 12.2 Å². The summed E-state index contributed by atoms with van der Waals surface area (Å²) in [6.07, 6.45) is 0.00221. The van der Waals surface area contributed by atoms with Gasteiger partial charge in [0.1, 0.15) is 6.04 Å². The fraction of sp³-hybridized carbons (Fsp3) is 0.571. The fourth-order valence-electron chi connectivity index (χ4n) is 0.443. The van der Waals surface area contributed by atoms with Crippen LogP contribution in [0, 0.1) is 0 Å². The van der Waals surface area contributed by atoms with Crippen molar-refractivity contribution in [1.82, 2.24) is 0 Å². The van der Waals surface area contributed by atoms with Gasteiger partial charge in [-0.2, -0.15) is 12.6 Å². The first-order valence-electron chi connectivity index (χ1n) is 3.68. The topological polar surface area (TPSA) is 86.5 Å². The van der Waals surface area contributed by atoms with Gasteiger partial charge in [-0.1, -0.05) is 6.92 Å². The highest BCUT2D eigenvalue weighted by Gasteiger charge is 2.21. The lowest BCUT2D eigenvalue weighted by Crippen LogP contribution is -2.36. The summed E-state index contributed by atoms with van der Waals surface area (Å²) in [5.41, 5.74) is 5.19. The van der Waals surface area contributed by atoms with Gasteiger partial charge in [0.2, 0.25) is 5.78 Å². The zero-order valence-corrected chi connectivity index (χ0v) is 8.04. The number of thiol groups is 1. The molecule has 0 unspecified atom stereocenters. The number of carbonyl (C=O) groups is 3. The van der Waals surface area contributed by atoms with Gasteiger partial charge in [-0.3, -0.25) is 4.79 Å². The van der Waals surface area contributed by atoms with E-state index in [9.17, 15) is 14.4 Å². The molecule has 0 aliphatic carbocycles. The van der Waals surface area contributed by atoms with Crippen molar-refractivity contribution in [3.05, 3.63) is 0 Å². The summed E-state index contributed by atoms with van der Waals surface area (Å²) < 4.78 is 4.15. The molecular formula is C7H11NO4S. The van der Waals surface area contributed by atoms with E-state index >= 15 is 0 Å². The SMILES string of the molecule is CCC(=O)C(=O)OC(=O)[C@@H](N)CS. The number of hydrogen-bond acceptors (Lipinski definition) is 6. The minimum Gasteiger partial charge on any atom is -0.386 e. The molecule has 6 heteroatoms. The van der Waals surface area contributed by atoms with Gasteiger partial charge in [0.05, 0.1) is 0 Å². The van der Waals surface area contributed by atoms with Crippen LogP contribution in [0.3, 0.4) is 0 Å². The first-order valence-corrected chi connectivity index (χ1v) is 4.31. The second-order valence-electron chi connectivity index (χ2n) is 2.27. The standard InChI is InChI=1S/C7H11NO4S/c1-2-5(9)7(11)12-6(10)4(8)3-13/h4,13H,2-3,8H2,1H3/t4-/m0/s1. The predicted molar refractivity (Wildman–Crippen MR) is 48.2 cm³/mol. The minimum absolute atomic E-state index is 0.00221. The molecule has 0 heterocycles. The van der Waals surface area contributed by atoms with E-state index in [0.717, 1.165) is 0 Å². The Morgan fingerprint density at radius 2 is 2.00 bits per heavy atom. The molecule has 0 aliphatic heterocycles. The van der Waals surface area contributed by atoms with Gasteiger partial charge < -0.3 is 10.5 Å². The molecule has 2 N–H and O–H groups in total. The van der Waals surface area contributed by atoms with Crippen molar-refractivity contribution in [2.24, 2.45) is 5.73 Å². The van der Waals surface area contributed by atoms with E-state index in [1.54, 1.807) is 0 Å². The van der Waals surface area contributed by atoms with Crippen LogP contribution < -0.4 is 5.73 Å². The number of ether oxygens (including phenoxy) is 1. The fourth-order valence-corrected chi connectivity index (χ4v) is 0.592. The van der Waals surface area contributed by atoms with E-state index in [2.05, 4.69) is 17.4 Å². The second kappa shape index (κ2) is 5.71. The average Bonchev–Trinajstić information content (AvgIpc) is 2.14. The number of rotatable bonds is 4. The number of nitrogens with two attached hydrogens (primary N) is 1. The van der Waals surface area contributed by atoms with Gasteiger partial charge in [-0.25, -0.2) is 9.59 Å². The summed E-state index contributed by atoms with van der Waals surface area (Å²) in [6, 6.07) is -0.975. The highest BCUT2D eigenvalue weighted by atomic mass is 32.1. The second-order valence-corrected chi connectivity index (χ2v) is 2.64. The third-order valence-corrected chi connectivity index (χ3v) is 1.63. The van der Waals surface area contributed by atoms with Crippen LogP contribution in [0.25, 0.3) is 0 Å². The molecule has 0 aliphatic rings. The van der Waals surface area contributed by atoms with Crippen molar-refractivity contribution < 1.29 is 19.1 Å². The van der Waals surface area contributed by atoms with E-state index < -0.39 is 23.8 Å². The van der Waals surface area contributed by atoms with E-state index in [0.29, 0.717) is 0 Å². The van der Waals surface area contributed by atoms with Crippen molar-refractivity contribution in [3.8, 4) is 0 Å². The van der Waals surface area contributed by atoms with Crippen molar-refractivity contribution in [3.63, 3.8) is 0 Å². The first-order chi connectivity index (χ1) is 6.02. The lowest BCUT2D eigenvalue weighted by molar-refractivity contribution is -0.164. The number of ketones is 1. The third-order valence-electron chi connectivity index (χ3n) is 1.24. The van der Waals surface area contributed by atoms with Crippen LogP contribution in [0.4, 0.5) is 0 Å². The summed E-state index contributed by atoms with van der Waals surface area (Å²) in [5.74, 6) is -2.78. The maximum atomic E-state index is 10.8. The molecule has 13 heavy (non-hydrogen) atoms. The Morgan fingerprint density at radius 3 is 2.38 bits per heavy atom. The van der Waals surface area contributed by atoms with Crippen LogP contribution >= 0.6 is 12.6 Å². The van der Waals surface area contributed by atoms with E-state index in [-0.39, 0.29) is 12.2 Å². The van der Waals surface area contributed by atoms with Gasteiger partial charge in [-0.15, -0.1) is 0 Å². The Labute approximate surface area is 81.0 Å². The molecule has 5 nitrogen and oxygen atoms in total. The molecule has 0 aromatic heterocycles. The van der Waals surface area contributed by atoms with Crippen LogP contribution in [-0.4, -0.2) is 29.5 Å². The smallest absolute Gasteiger partial charge is 0.382 e. The molecule has 0 fully saturated rings. The Hall–Kier alpha value is -0.880. The number of esters is 2. The van der Waals surface area contributed by atoms with Crippen molar-refractivity contribution >= 4 is 30.4 Å². The molecule has 0 aromatic rings. The molecule has 0 bridgehead atoms. The summed E-state index contributed by atoms with van der Waals surface area (Å²) in [7, 11) is 0. The van der Waals surface area contributed by atoms with Gasteiger partial charge >= 0.3 is 11.9 Å². The van der Waals surface area contributed by atoms with Crippen molar-refractivity contribution in [1.29, 1.82) is 0 Å². The summed E-state index contributed by atoms with van der Waals surface area (Å²) in [6.45, 7) is 1.49. The Bertz CT molecular complexity index is 229. The third kappa shape index (κ3) is 4.05. The molecule has 0 saturated carbocycles. The Morgan fingerprint density at radius 1 is 1.46 bits per heavy atom. The monoisotopic (exact) mass is 205 g/mol. The summed E-state index contributed by atoms with van der Waals surface area (Å²) >= 11 is 3.73. The quantitative estimate of drug-likeness (QED) is 0.274. The number of hydrogen-bond donors (Lipinski definition) is 2. The van der Waals surface area contributed by atoms with E-state index in [4.69, 9.17) is 5.73 Å². The van der Waals surface area contributed by atoms with Crippen LogP contribution in [0.5, 0.6) is 0 Å². The molecular weight excluding hydrogens is 194 g/mol. The molecule has 0 spiro atoms.